The molecule has 1 aliphatic carbocycles. The molecule has 0 saturated heterocycles. The summed E-state index contributed by atoms with van der Waals surface area (Å²) < 4.78 is 5.08. The molecule has 1 aliphatic rings. The van der Waals surface area contributed by atoms with Crippen LogP contribution in [-0.4, -0.2) is 24.0 Å². The van der Waals surface area contributed by atoms with Crippen molar-refractivity contribution in [2.45, 2.75) is 19.3 Å². The van der Waals surface area contributed by atoms with E-state index in [1.54, 1.807) is 31.4 Å². The number of Topliss-reactive ketones (excluding diaryl/α,β-unsaturated/α-hetero) is 1. The Hall–Kier alpha value is -2.61. The van der Waals surface area contributed by atoms with Crippen LogP contribution >= 0.6 is 0 Å². The maximum atomic E-state index is 12.2. The number of nitriles is 1. The minimum atomic E-state index is -1.07. The Morgan fingerprint density at radius 1 is 1.43 bits per heavy atom. The van der Waals surface area contributed by atoms with E-state index < -0.39 is 11.9 Å². The fraction of sp³-hybridized carbons (Fsp3) is 0.312. The first-order valence-corrected chi connectivity index (χ1v) is 6.59. The van der Waals surface area contributed by atoms with Gasteiger partial charge in [-0.05, 0) is 36.1 Å². The molecular weight excluding hydrogens is 270 g/mol. The molecule has 0 saturated carbocycles. The summed E-state index contributed by atoms with van der Waals surface area (Å²) in [5.41, 5.74) is 1.76. The molecular formula is C16H15NO4. The number of hydrogen-bond donors (Lipinski definition) is 1. The summed E-state index contributed by atoms with van der Waals surface area (Å²) in [5.74, 6) is -1.47. The Kier molecular flexibility index (Phi) is 4.39. The first-order chi connectivity index (χ1) is 10.1. The first-order valence-electron chi connectivity index (χ1n) is 6.59. The van der Waals surface area contributed by atoms with Gasteiger partial charge in [0.2, 0.25) is 0 Å². The number of rotatable bonds is 4. The summed E-state index contributed by atoms with van der Waals surface area (Å²) >= 11 is 0. The van der Waals surface area contributed by atoms with Crippen molar-refractivity contribution < 1.29 is 19.4 Å². The van der Waals surface area contributed by atoms with Crippen LogP contribution in [0.5, 0.6) is 5.75 Å². The van der Waals surface area contributed by atoms with Gasteiger partial charge in [-0.15, -0.1) is 0 Å². The van der Waals surface area contributed by atoms with Crippen molar-refractivity contribution in [3.05, 3.63) is 35.4 Å². The second-order valence-electron chi connectivity index (χ2n) is 4.84. The standard InChI is InChI=1S/C16H15NO4/c1-21-12-5-2-10(3-6-12)13-7-4-11(9-17)16(20)14(13)8-15(18)19/h2-3,5-6,11H,4,7-8H2,1H3,(H,18,19)/t11-/m1/s1. The average Bonchev–Trinajstić information content (AvgIpc) is 2.49. The Morgan fingerprint density at radius 3 is 2.62 bits per heavy atom. The molecule has 0 aliphatic heterocycles. The molecule has 1 N–H and O–H groups in total. The number of carboxylic acid groups (broad SMARTS) is 1. The van der Waals surface area contributed by atoms with E-state index in [9.17, 15) is 9.59 Å². The van der Waals surface area contributed by atoms with E-state index in [0.29, 0.717) is 18.6 Å². The van der Waals surface area contributed by atoms with Gasteiger partial charge in [-0.25, -0.2) is 0 Å². The van der Waals surface area contributed by atoms with Gasteiger partial charge in [0.15, 0.2) is 5.78 Å². The Morgan fingerprint density at radius 2 is 2.10 bits per heavy atom. The monoisotopic (exact) mass is 285 g/mol. The predicted octanol–water partition coefficient (Wildman–Crippen LogP) is 2.43. The summed E-state index contributed by atoms with van der Waals surface area (Å²) in [4.78, 5) is 23.2. The van der Waals surface area contributed by atoms with E-state index in [1.165, 1.54) is 0 Å². The normalized spacial score (nSPS) is 18.3. The number of nitrogens with zero attached hydrogens (tertiary/aromatic N) is 1. The van der Waals surface area contributed by atoms with Crippen LogP contribution in [0.15, 0.2) is 29.8 Å². The van der Waals surface area contributed by atoms with Crippen molar-refractivity contribution >= 4 is 17.3 Å². The van der Waals surface area contributed by atoms with Gasteiger partial charge in [-0.1, -0.05) is 12.1 Å². The first kappa shape index (κ1) is 14.8. The van der Waals surface area contributed by atoms with Gasteiger partial charge >= 0.3 is 5.97 Å². The zero-order chi connectivity index (χ0) is 15.4. The molecule has 0 unspecified atom stereocenters. The molecule has 5 nitrogen and oxygen atoms in total. The van der Waals surface area contributed by atoms with Crippen molar-refractivity contribution in [3.8, 4) is 11.8 Å². The largest absolute Gasteiger partial charge is 0.497 e. The number of carboxylic acids is 1. The summed E-state index contributed by atoms with van der Waals surface area (Å²) in [7, 11) is 1.56. The summed E-state index contributed by atoms with van der Waals surface area (Å²) in [6.07, 6.45) is 0.608. The van der Waals surface area contributed by atoms with E-state index >= 15 is 0 Å². The maximum Gasteiger partial charge on any atom is 0.307 e. The molecule has 0 bridgehead atoms. The molecule has 108 valence electrons. The molecule has 0 amide bonds. The van der Waals surface area contributed by atoms with E-state index in [1.807, 2.05) is 6.07 Å². The second-order valence-corrected chi connectivity index (χ2v) is 4.84. The van der Waals surface area contributed by atoms with E-state index in [-0.39, 0.29) is 17.8 Å². The molecule has 1 aromatic carbocycles. The molecule has 5 heteroatoms. The third kappa shape index (κ3) is 3.11. The van der Waals surface area contributed by atoms with Gasteiger partial charge < -0.3 is 9.84 Å². The van der Waals surface area contributed by atoms with Gasteiger partial charge in [-0.3, -0.25) is 9.59 Å². The Bertz CT molecular complexity index is 637. The van der Waals surface area contributed by atoms with Crippen LogP contribution in [-0.2, 0) is 9.59 Å². The fourth-order valence-corrected chi connectivity index (χ4v) is 2.51. The number of carbonyl (C=O) groups is 2. The molecule has 0 aromatic heterocycles. The molecule has 0 spiro atoms. The molecule has 1 atom stereocenters. The number of ketones is 1. The lowest BCUT2D eigenvalue weighted by Gasteiger charge is -2.22. The zero-order valence-electron chi connectivity index (χ0n) is 11.6. The fourth-order valence-electron chi connectivity index (χ4n) is 2.51. The van der Waals surface area contributed by atoms with Crippen molar-refractivity contribution in [1.82, 2.24) is 0 Å². The van der Waals surface area contributed by atoms with Crippen LogP contribution < -0.4 is 4.74 Å². The predicted molar refractivity (Wildman–Crippen MR) is 75.5 cm³/mol. The second kappa shape index (κ2) is 6.23. The molecule has 0 radical (unpaired) electrons. The smallest absolute Gasteiger partial charge is 0.307 e. The van der Waals surface area contributed by atoms with Gasteiger partial charge in [0.05, 0.1) is 19.6 Å². The zero-order valence-corrected chi connectivity index (χ0v) is 11.6. The number of methoxy groups -OCH3 is 1. The summed E-state index contributed by atoms with van der Waals surface area (Å²) in [5, 5.41) is 18.0. The van der Waals surface area contributed by atoms with E-state index in [4.69, 9.17) is 15.1 Å². The van der Waals surface area contributed by atoms with Gasteiger partial charge in [0.25, 0.3) is 0 Å². The van der Waals surface area contributed by atoms with Crippen molar-refractivity contribution in [1.29, 1.82) is 5.26 Å². The number of hydrogen-bond acceptors (Lipinski definition) is 4. The van der Waals surface area contributed by atoms with Gasteiger partial charge in [0, 0.05) is 5.57 Å². The van der Waals surface area contributed by atoms with Crippen LogP contribution in [0.1, 0.15) is 24.8 Å². The van der Waals surface area contributed by atoms with Crippen LogP contribution in [0.25, 0.3) is 5.57 Å². The lowest BCUT2D eigenvalue weighted by Crippen LogP contribution is -2.23. The van der Waals surface area contributed by atoms with Gasteiger partial charge in [-0.2, -0.15) is 5.26 Å². The van der Waals surface area contributed by atoms with E-state index in [0.717, 1.165) is 11.1 Å². The third-order valence-corrected chi connectivity index (χ3v) is 3.58. The van der Waals surface area contributed by atoms with E-state index in [2.05, 4.69) is 0 Å². The van der Waals surface area contributed by atoms with Crippen molar-refractivity contribution in [2.75, 3.05) is 7.11 Å². The highest BCUT2D eigenvalue weighted by Crippen LogP contribution is 2.35. The number of aliphatic carboxylic acids is 1. The lowest BCUT2D eigenvalue weighted by atomic mass is 9.79. The number of benzene rings is 1. The quantitative estimate of drug-likeness (QED) is 0.918. The van der Waals surface area contributed by atoms with Crippen LogP contribution in [0.2, 0.25) is 0 Å². The number of allylic oxidation sites excluding steroid dienone is 1. The van der Waals surface area contributed by atoms with Crippen molar-refractivity contribution in [2.24, 2.45) is 5.92 Å². The SMILES string of the molecule is COc1ccc(C2=C(CC(=O)O)C(=O)[C@@H](C#N)CC2)cc1. The molecule has 1 aromatic rings. The highest BCUT2D eigenvalue weighted by molar-refractivity contribution is 6.09. The highest BCUT2D eigenvalue weighted by Gasteiger charge is 2.31. The molecule has 21 heavy (non-hydrogen) atoms. The van der Waals surface area contributed by atoms with Crippen LogP contribution in [0, 0.1) is 17.2 Å². The average molecular weight is 285 g/mol. The minimum absolute atomic E-state index is 0.241. The third-order valence-electron chi connectivity index (χ3n) is 3.58. The van der Waals surface area contributed by atoms with Crippen LogP contribution in [0.3, 0.4) is 0 Å². The van der Waals surface area contributed by atoms with Crippen molar-refractivity contribution in [3.63, 3.8) is 0 Å². The topological polar surface area (TPSA) is 87.4 Å². The molecule has 2 rings (SSSR count). The molecule has 0 fully saturated rings. The Labute approximate surface area is 122 Å². The molecule has 0 heterocycles. The van der Waals surface area contributed by atoms with Gasteiger partial charge in [0.1, 0.15) is 11.7 Å². The maximum absolute atomic E-state index is 12.2. The Balaban J connectivity index is 2.46. The summed E-state index contributed by atoms with van der Waals surface area (Å²) in [6.45, 7) is 0. The summed E-state index contributed by atoms with van der Waals surface area (Å²) in [6, 6.07) is 9.08. The number of ether oxygens (including phenoxy) is 1. The highest BCUT2D eigenvalue weighted by atomic mass is 16.5. The number of carbonyl (C=O) groups excluding carboxylic acids is 1. The van der Waals surface area contributed by atoms with Crippen LogP contribution in [0.4, 0.5) is 0 Å². The lowest BCUT2D eigenvalue weighted by molar-refractivity contribution is -0.137. The minimum Gasteiger partial charge on any atom is -0.497 e.